The lowest BCUT2D eigenvalue weighted by Crippen LogP contribution is -2.48. The lowest BCUT2D eigenvalue weighted by molar-refractivity contribution is 0.198. The number of aryl methyl sites for hydroxylation is 1. The van der Waals surface area contributed by atoms with Crippen LogP contribution in [-0.4, -0.2) is 49.1 Å². The van der Waals surface area contributed by atoms with E-state index in [4.69, 9.17) is 4.74 Å². The molecule has 0 bridgehead atoms. The minimum absolute atomic E-state index is 0.288. The van der Waals surface area contributed by atoms with Gasteiger partial charge in [-0.3, -0.25) is 14.9 Å². The van der Waals surface area contributed by atoms with Gasteiger partial charge in [0.1, 0.15) is 0 Å². The second-order valence-corrected chi connectivity index (χ2v) is 7.36. The molecule has 0 amide bonds. The van der Waals surface area contributed by atoms with Crippen LogP contribution in [0.1, 0.15) is 29.7 Å². The van der Waals surface area contributed by atoms with Gasteiger partial charge < -0.3 is 15.4 Å². The minimum atomic E-state index is -0.306. The molecule has 0 saturated carbocycles. The molecule has 29 heavy (non-hydrogen) atoms. The molecule has 0 spiro atoms. The number of hydrogen-bond donors (Lipinski definition) is 2. The summed E-state index contributed by atoms with van der Waals surface area (Å²) in [5, 5.41) is 6.86. The minimum Gasteiger partial charge on any atom is -0.494 e. The van der Waals surface area contributed by atoms with Gasteiger partial charge in [0.2, 0.25) is 0 Å². The van der Waals surface area contributed by atoms with Gasteiger partial charge in [0, 0.05) is 38.9 Å². The number of aliphatic imine (C=N–C) groups is 1. The molecule has 1 saturated heterocycles. The summed E-state index contributed by atoms with van der Waals surface area (Å²) in [5.74, 6) is 0.779. The maximum atomic E-state index is 13.9. The van der Waals surface area contributed by atoms with Crippen LogP contribution in [0.2, 0.25) is 0 Å². The van der Waals surface area contributed by atoms with E-state index in [1.54, 1.807) is 19.2 Å². The Morgan fingerprint density at radius 1 is 1.31 bits per heavy atom. The lowest BCUT2D eigenvalue weighted by atomic mass is 10.0. The number of pyridine rings is 1. The van der Waals surface area contributed by atoms with Crippen LogP contribution in [0.3, 0.4) is 0 Å². The van der Waals surface area contributed by atoms with Crippen molar-refractivity contribution in [2.45, 2.75) is 38.9 Å². The van der Waals surface area contributed by atoms with E-state index in [-0.39, 0.29) is 11.6 Å². The number of guanidine groups is 1. The second-order valence-electron chi connectivity index (χ2n) is 7.36. The van der Waals surface area contributed by atoms with Crippen molar-refractivity contribution >= 4 is 5.96 Å². The number of halogens is 1. The molecule has 1 fully saturated rings. The highest BCUT2D eigenvalue weighted by molar-refractivity contribution is 5.79. The molecule has 2 heterocycles. The van der Waals surface area contributed by atoms with Crippen molar-refractivity contribution in [2.75, 3.05) is 27.2 Å². The Morgan fingerprint density at radius 2 is 2.10 bits per heavy atom. The average Bonchev–Trinajstić information content (AvgIpc) is 2.73. The summed E-state index contributed by atoms with van der Waals surface area (Å²) in [4.78, 5) is 11.1. The average molecular weight is 400 g/mol. The van der Waals surface area contributed by atoms with Crippen molar-refractivity contribution in [3.63, 3.8) is 0 Å². The topological polar surface area (TPSA) is 61.8 Å². The van der Waals surface area contributed by atoms with Gasteiger partial charge in [0.15, 0.2) is 17.5 Å². The number of piperidine rings is 1. The summed E-state index contributed by atoms with van der Waals surface area (Å²) in [6.07, 6.45) is 3.84. The molecule has 0 radical (unpaired) electrons. The molecule has 1 aliphatic heterocycles. The molecule has 2 aromatic rings. The van der Waals surface area contributed by atoms with Crippen LogP contribution in [0.4, 0.5) is 4.39 Å². The predicted octanol–water partition coefficient (Wildman–Crippen LogP) is 2.87. The number of nitrogens with one attached hydrogen (secondary N) is 2. The first kappa shape index (κ1) is 21.0. The Balaban J connectivity index is 1.45. The van der Waals surface area contributed by atoms with Gasteiger partial charge in [-0.15, -0.1) is 0 Å². The van der Waals surface area contributed by atoms with Gasteiger partial charge in [0.05, 0.1) is 19.3 Å². The summed E-state index contributed by atoms with van der Waals surface area (Å²) in [5.41, 5.74) is 3.16. The van der Waals surface area contributed by atoms with Crippen molar-refractivity contribution in [2.24, 2.45) is 4.99 Å². The maximum absolute atomic E-state index is 13.9. The monoisotopic (exact) mass is 399 g/mol. The molecular formula is C22H30FN5O. The molecule has 156 valence electrons. The van der Waals surface area contributed by atoms with Crippen LogP contribution in [-0.2, 0) is 13.1 Å². The van der Waals surface area contributed by atoms with Crippen molar-refractivity contribution in [1.82, 2.24) is 20.5 Å². The predicted molar refractivity (Wildman–Crippen MR) is 114 cm³/mol. The number of ether oxygens (including phenoxy) is 1. The Kier molecular flexibility index (Phi) is 7.41. The van der Waals surface area contributed by atoms with Crippen LogP contribution >= 0.6 is 0 Å². The number of benzene rings is 1. The fourth-order valence-electron chi connectivity index (χ4n) is 3.56. The van der Waals surface area contributed by atoms with E-state index in [9.17, 15) is 4.39 Å². The highest BCUT2D eigenvalue weighted by atomic mass is 19.1. The molecule has 1 aromatic carbocycles. The fourth-order valence-corrected chi connectivity index (χ4v) is 3.56. The van der Waals surface area contributed by atoms with Crippen LogP contribution in [0.25, 0.3) is 0 Å². The normalized spacial score (nSPS) is 15.9. The molecule has 7 heteroatoms. The molecular weight excluding hydrogens is 369 g/mol. The van der Waals surface area contributed by atoms with Gasteiger partial charge in [-0.25, -0.2) is 4.39 Å². The number of rotatable bonds is 6. The summed E-state index contributed by atoms with van der Waals surface area (Å²) >= 11 is 0. The zero-order valence-electron chi connectivity index (χ0n) is 17.4. The molecule has 1 aliphatic rings. The Labute approximate surface area is 172 Å². The van der Waals surface area contributed by atoms with Crippen molar-refractivity contribution in [1.29, 1.82) is 0 Å². The van der Waals surface area contributed by atoms with E-state index in [2.05, 4.69) is 38.5 Å². The zero-order valence-corrected chi connectivity index (χ0v) is 17.4. The van der Waals surface area contributed by atoms with E-state index in [1.165, 1.54) is 12.7 Å². The van der Waals surface area contributed by atoms with E-state index in [0.717, 1.165) is 49.7 Å². The first-order valence-corrected chi connectivity index (χ1v) is 10.0. The smallest absolute Gasteiger partial charge is 0.191 e. The van der Waals surface area contributed by atoms with E-state index in [1.807, 2.05) is 18.3 Å². The maximum Gasteiger partial charge on any atom is 0.191 e. The first-order valence-electron chi connectivity index (χ1n) is 10.0. The van der Waals surface area contributed by atoms with Crippen LogP contribution in [0.5, 0.6) is 5.75 Å². The van der Waals surface area contributed by atoms with Crippen molar-refractivity contribution in [3.05, 3.63) is 59.2 Å². The number of nitrogens with zero attached hydrogens (tertiary/aromatic N) is 3. The Hall–Kier alpha value is -2.67. The summed E-state index contributed by atoms with van der Waals surface area (Å²) in [7, 11) is 3.27. The van der Waals surface area contributed by atoms with Gasteiger partial charge in [-0.1, -0.05) is 12.1 Å². The van der Waals surface area contributed by atoms with Crippen LogP contribution < -0.4 is 15.4 Å². The molecule has 1 aromatic heterocycles. The number of hydrogen-bond acceptors (Lipinski definition) is 4. The summed E-state index contributed by atoms with van der Waals surface area (Å²) in [6, 6.07) is 9.56. The quantitative estimate of drug-likeness (QED) is 0.578. The van der Waals surface area contributed by atoms with E-state index < -0.39 is 0 Å². The zero-order chi connectivity index (χ0) is 20.6. The van der Waals surface area contributed by atoms with Gasteiger partial charge in [0.25, 0.3) is 0 Å². The second kappa shape index (κ2) is 10.2. The Bertz CT molecular complexity index is 834. The standard InChI is InChI=1S/C22H30FN5O/c1-16-5-4-10-25-20(16)14-26-22(24-2)27-18-8-11-28(12-9-18)15-17-6-7-21(29-3)19(23)13-17/h4-7,10,13,18H,8-9,11-12,14-15H2,1-3H3,(H2,24,26,27). The van der Waals surface area contributed by atoms with Gasteiger partial charge in [-0.05, 0) is 49.1 Å². The number of methoxy groups -OCH3 is 1. The van der Waals surface area contributed by atoms with Gasteiger partial charge >= 0.3 is 0 Å². The van der Waals surface area contributed by atoms with E-state index >= 15 is 0 Å². The third-order valence-corrected chi connectivity index (χ3v) is 5.32. The molecule has 2 N–H and O–H groups in total. The van der Waals surface area contributed by atoms with Crippen LogP contribution in [0, 0.1) is 12.7 Å². The molecule has 6 nitrogen and oxygen atoms in total. The summed E-state index contributed by atoms with van der Waals surface area (Å²) in [6.45, 7) is 5.38. The van der Waals surface area contributed by atoms with Crippen molar-refractivity contribution < 1.29 is 9.13 Å². The highest BCUT2D eigenvalue weighted by Crippen LogP contribution is 2.20. The molecule has 0 unspecified atom stereocenters. The Morgan fingerprint density at radius 3 is 2.76 bits per heavy atom. The molecule has 0 atom stereocenters. The molecule has 0 aliphatic carbocycles. The number of likely N-dealkylation sites (tertiary alicyclic amines) is 1. The third kappa shape index (κ3) is 5.90. The number of aromatic nitrogens is 1. The van der Waals surface area contributed by atoms with Gasteiger partial charge in [-0.2, -0.15) is 0 Å². The largest absolute Gasteiger partial charge is 0.494 e. The highest BCUT2D eigenvalue weighted by Gasteiger charge is 2.20. The fraction of sp³-hybridized carbons (Fsp3) is 0.455. The van der Waals surface area contributed by atoms with Crippen LogP contribution in [0.15, 0.2) is 41.5 Å². The molecule has 3 rings (SSSR count). The SMILES string of the molecule is CN=C(NCc1ncccc1C)NC1CCN(Cc2ccc(OC)c(F)c2)CC1. The third-order valence-electron chi connectivity index (χ3n) is 5.32. The van der Waals surface area contributed by atoms with E-state index in [0.29, 0.717) is 12.6 Å². The summed E-state index contributed by atoms with van der Waals surface area (Å²) < 4.78 is 18.9. The lowest BCUT2D eigenvalue weighted by Gasteiger charge is -2.33. The first-order chi connectivity index (χ1) is 14.1. The van der Waals surface area contributed by atoms with Crippen molar-refractivity contribution in [3.8, 4) is 5.75 Å².